The lowest BCUT2D eigenvalue weighted by atomic mass is 9.86. The van der Waals surface area contributed by atoms with E-state index in [2.05, 4.69) is 51.2 Å². The maximum atomic E-state index is 10.7. The fraction of sp³-hybridized carbons (Fsp3) is 0.423. The van der Waals surface area contributed by atoms with Gasteiger partial charge >= 0.3 is 0 Å². The van der Waals surface area contributed by atoms with Gasteiger partial charge in [0.15, 0.2) is 0 Å². The number of rotatable bonds is 5. The van der Waals surface area contributed by atoms with Gasteiger partial charge in [-0.3, -0.25) is 9.69 Å². The smallest absolute Gasteiger partial charge is 0.233 e. The Labute approximate surface area is 194 Å². The summed E-state index contributed by atoms with van der Waals surface area (Å²) in [5.74, 6) is 0.914. The standard InChI is InChI=1S/C26H29N4OS/c1-19-2-10-23(11-3-19)29-14-16-30(17-15-29)24-12-8-22(9-13-24)26-28-27-25(32-26)21-6-4-20(18-31)5-7-21/h4-9,12-13,19,23H,2-3,10-11,14-17H2,1H3/t19-,23+. The molecule has 1 aliphatic carbocycles. The molecule has 0 amide bonds. The van der Waals surface area contributed by atoms with Crippen LogP contribution in [0.2, 0.25) is 0 Å². The van der Waals surface area contributed by atoms with Crippen LogP contribution in [-0.4, -0.2) is 53.6 Å². The first-order valence-corrected chi connectivity index (χ1v) is 12.4. The maximum Gasteiger partial charge on any atom is 0.233 e. The quantitative estimate of drug-likeness (QED) is 0.551. The molecule has 1 radical (unpaired) electrons. The zero-order valence-corrected chi connectivity index (χ0v) is 19.4. The number of benzene rings is 2. The van der Waals surface area contributed by atoms with Crippen molar-refractivity contribution in [2.45, 2.75) is 38.6 Å². The zero-order chi connectivity index (χ0) is 21.9. The number of aromatic nitrogens is 2. The van der Waals surface area contributed by atoms with Crippen LogP contribution in [-0.2, 0) is 4.79 Å². The third-order valence-corrected chi connectivity index (χ3v) is 7.99. The highest BCUT2D eigenvalue weighted by atomic mass is 32.1. The van der Waals surface area contributed by atoms with Crippen molar-refractivity contribution >= 4 is 23.3 Å². The third-order valence-electron chi connectivity index (χ3n) is 6.97. The molecule has 5 rings (SSSR count). The van der Waals surface area contributed by atoms with Gasteiger partial charge in [-0.2, -0.15) is 0 Å². The van der Waals surface area contributed by atoms with Crippen LogP contribution in [0.1, 0.15) is 38.2 Å². The largest absolute Gasteiger partial charge is 0.369 e. The van der Waals surface area contributed by atoms with Crippen molar-refractivity contribution in [3.05, 3.63) is 54.1 Å². The second-order valence-corrected chi connectivity index (χ2v) is 10.1. The molecule has 2 heterocycles. The van der Waals surface area contributed by atoms with Crippen LogP contribution in [0.5, 0.6) is 0 Å². The van der Waals surface area contributed by atoms with E-state index in [0.29, 0.717) is 5.56 Å². The number of hydrogen-bond donors (Lipinski definition) is 0. The summed E-state index contributed by atoms with van der Waals surface area (Å²) < 4.78 is 0. The minimum atomic E-state index is 0.545. The highest BCUT2D eigenvalue weighted by Crippen LogP contribution is 2.32. The van der Waals surface area contributed by atoms with Crippen LogP contribution in [0.4, 0.5) is 5.69 Å². The van der Waals surface area contributed by atoms with E-state index in [4.69, 9.17) is 0 Å². The molecular weight excluding hydrogens is 416 g/mol. The first-order chi connectivity index (χ1) is 15.7. The molecule has 0 spiro atoms. The molecular formula is C26H29N4OS. The number of hydrogen-bond acceptors (Lipinski definition) is 6. The normalized spacial score (nSPS) is 22.1. The van der Waals surface area contributed by atoms with Crippen molar-refractivity contribution in [1.82, 2.24) is 15.1 Å². The van der Waals surface area contributed by atoms with Crippen molar-refractivity contribution in [1.29, 1.82) is 0 Å². The van der Waals surface area contributed by atoms with Gasteiger partial charge in [0.05, 0.1) is 0 Å². The van der Waals surface area contributed by atoms with Crippen molar-refractivity contribution in [3.63, 3.8) is 0 Å². The Balaban J connectivity index is 1.20. The van der Waals surface area contributed by atoms with Crippen molar-refractivity contribution in [2.75, 3.05) is 31.1 Å². The van der Waals surface area contributed by atoms with Gasteiger partial charge in [-0.15, -0.1) is 10.2 Å². The first kappa shape index (κ1) is 21.3. The topological polar surface area (TPSA) is 49.3 Å². The predicted octanol–water partition coefficient (Wildman–Crippen LogP) is 5.03. The molecule has 0 atom stereocenters. The fourth-order valence-electron chi connectivity index (χ4n) is 4.91. The van der Waals surface area contributed by atoms with Gasteiger partial charge in [-0.05, 0) is 55.9 Å². The molecule has 2 fully saturated rings. The molecule has 6 heteroatoms. The highest BCUT2D eigenvalue weighted by Gasteiger charge is 2.27. The Hall–Kier alpha value is -2.57. The molecule has 2 aromatic carbocycles. The highest BCUT2D eigenvalue weighted by molar-refractivity contribution is 7.17. The van der Waals surface area contributed by atoms with Crippen molar-refractivity contribution < 1.29 is 4.79 Å². The van der Waals surface area contributed by atoms with Crippen molar-refractivity contribution in [2.24, 2.45) is 5.92 Å². The maximum absolute atomic E-state index is 10.7. The molecule has 1 saturated heterocycles. The Morgan fingerprint density at radius 1 is 0.812 bits per heavy atom. The average Bonchev–Trinajstić information content (AvgIpc) is 3.35. The fourth-order valence-corrected chi connectivity index (χ4v) is 5.76. The first-order valence-electron chi connectivity index (χ1n) is 11.6. The van der Waals surface area contributed by atoms with Gasteiger partial charge in [0.1, 0.15) is 10.0 Å². The van der Waals surface area contributed by atoms with Gasteiger partial charge < -0.3 is 4.90 Å². The lowest BCUT2D eigenvalue weighted by Gasteiger charge is -2.42. The molecule has 3 aromatic rings. The van der Waals surface area contributed by atoms with Gasteiger partial charge in [-0.25, -0.2) is 0 Å². The van der Waals surface area contributed by atoms with E-state index in [0.717, 1.165) is 46.2 Å². The number of anilines is 1. The molecule has 0 bridgehead atoms. The van der Waals surface area contributed by atoms with E-state index in [9.17, 15) is 4.79 Å². The third kappa shape index (κ3) is 4.62. The number of piperazine rings is 1. The lowest BCUT2D eigenvalue weighted by molar-refractivity contribution is 0.133. The second-order valence-electron chi connectivity index (χ2n) is 9.08. The molecule has 1 aliphatic heterocycles. The summed E-state index contributed by atoms with van der Waals surface area (Å²) in [5, 5.41) is 10.5. The van der Waals surface area contributed by atoms with Gasteiger partial charge in [0.25, 0.3) is 0 Å². The van der Waals surface area contributed by atoms with E-state index in [1.165, 1.54) is 44.5 Å². The van der Waals surface area contributed by atoms with Crippen LogP contribution >= 0.6 is 11.3 Å². The van der Waals surface area contributed by atoms with Crippen molar-refractivity contribution in [3.8, 4) is 21.1 Å². The Kier molecular flexibility index (Phi) is 6.32. The van der Waals surface area contributed by atoms with Crippen LogP contribution in [0.25, 0.3) is 21.1 Å². The Morgan fingerprint density at radius 2 is 1.38 bits per heavy atom. The van der Waals surface area contributed by atoms with E-state index >= 15 is 0 Å². The molecule has 32 heavy (non-hydrogen) atoms. The van der Waals surface area contributed by atoms with Gasteiger partial charge in [0, 0.05) is 54.6 Å². The summed E-state index contributed by atoms with van der Waals surface area (Å²) in [6, 6.07) is 16.8. The molecule has 165 valence electrons. The van der Waals surface area contributed by atoms with Gasteiger partial charge in [0.2, 0.25) is 6.29 Å². The summed E-state index contributed by atoms with van der Waals surface area (Å²) in [7, 11) is 0. The second kappa shape index (κ2) is 9.51. The number of carbonyl (C=O) groups excluding carboxylic acids is 1. The average molecular weight is 446 g/mol. The van der Waals surface area contributed by atoms with Crippen LogP contribution < -0.4 is 4.90 Å². The van der Waals surface area contributed by atoms with E-state index < -0.39 is 0 Å². The van der Waals surface area contributed by atoms with Gasteiger partial charge in [-0.1, -0.05) is 42.5 Å². The minimum Gasteiger partial charge on any atom is -0.369 e. The number of nitrogens with zero attached hydrogens (tertiary/aromatic N) is 4. The molecule has 0 N–H and O–H groups in total. The summed E-state index contributed by atoms with van der Waals surface area (Å²) in [4.78, 5) is 16.0. The van der Waals surface area contributed by atoms with Crippen LogP contribution in [0.3, 0.4) is 0 Å². The minimum absolute atomic E-state index is 0.545. The molecule has 5 nitrogen and oxygen atoms in total. The molecule has 1 aromatic heterocycles. The van der Waals surface area contributed by atoms with E-state index in [1.54, 1.807) is 23.5 Å². The monoisotopic (exact) mass is 445 g/mol. The summed E-state index contributed by atoms with van der Waals surface area (Å²) in [6.07, 6.45) is 7.43. The summed E-state index contributed by atoms with van der Waals surface area (Å²) >= 11 is 1.57. The van der Waals surface area contributed by atoms with E-state index in [1.807, 2.05) is 18.4 Å². The molecule has 1 saturated carbocycles. The predicted molar refractivity (Wildman–Crippen MR) is 131 cm³/mol. The Morgan fingerprint density at radius 3 is 1.94 bits per heavy atom. The van der Waals surface area contributed by atoms with Crippen LogP contribution in [0.15, 0.2) is 48.5 Å². The SMILES string of the molecule is C[C@H]1CC[C@@H](N2CCN(c3ccc(-c4nnc(-c5ccc([C]=O)cc5)s4)cc3)CC2)CC1. The summed E-state index contributed by atoms with van der Waals surface area (Å²) in [6.45, 7) is 6.93. The van der Waals surface area contributed by atoms with E-state index in [-0.39, 0.29) is 0 Å². The molecule has 2 aliphatic rings. The lowest BCUT2D eigenvalue weighted by Crippen LogP contribution is -2.51. The zero-order valence-electron chi connectivity index (χ0n) is 18.5. The van der Waals surface area contributed by atoms with Crippen LogP contribution in [0, 0.1) is 5.92 Å². The molecule has 0 unspecified atom stereocenters. The summed E-state index contributed by atoms with van der Waals surface area (Å²) in [5.41, 5.74) is 3.89. The Bertz CT molecular complexity index is 1030.